The lowest BCUT2D eigenvalue weighted by atomic mass is 9.84. The molecule has 0 saturated heterocycles. The van der Waals surface area contributed by atoms with E-state index in [1.54, 1.807) is 0 Å². The van der Waals surface area contributed by atoms with Gasteiger partial charge in [-0.2, -0.15) is 0 Å². The maximum absolute atomic E-state index is 4.28. The monoisotopic (exact) mass is 209 g/mol. The first-order chi connectivity index (χ1) is 6.61. The molecule has 0 unspecified atom stereocenters. The van der Waals surface area contributed by atoms with Crippen molar-refractivity contribution < 1.29 is 0 Å². The number of aryl methyl sites for hydroxylation is 1. The highest BCUT2D eigenvalue weighted by molar-refractivity contribution is 5.19. The Morgan fingerprint density at radius 1 is 1.07 bits per heavy atom. The van der Waals surface area contributed by atoms with Gasteiger partial charge in [0.2, 0.25) is 0 Å². The molecule has 0 bridgehead atoms. The Labute approximate surface area is 92.9 Å². The molecule has 0 aliphatic heterocycles. The lowest BCUT2D eigenvalue weighted by Gasteiger charge is -2.22. The van der Waals surface area contributed by atoms with Gasteiger partial charge in [0, 0.05) is 12.5 Å². The van der Waals surface area contributed by atoms with Crippen LogP contribution in [0.5, 0.6) is 0 Å². The SMILES string of the molecule is Cn1nnc(C(C)(C)C)c1CC(C)(C)C. The predicted octanol–water partition coefficient (Wildman–Crippen LogP) is 2.70. The van der Waals surface area contributed by atoms with Crippen molar-refractivity contribution in [1.82, 2.24) is 15.0 Å². The van der Waals surface area contributed by atoms with E-state index in [9.17, 15) is 0 Å². The van der Waals surface area contributed by atoms with Crippen LogP contribution in [-0.4, -0.2) is 15.0 Å². The van der Waals surface area contributed by atoms with Crippen molar-refractivity contribution in [3.8, 4) is 0 Å². The molecule has 86 valence electrons. The minimum atomic E-state index is 0.0782. The number of hydrogen-bond donors (Lipinski definition) is 0. The highest BCUT2D eigenvalue weighted by Gasteiger charge is 2.26. The largest absolute Gasteiger partial charge is 0.252 e. The molecular weight excluding hydrogens is 186 g/mol. The van der Waals surface area contributed by atoms with Gasteiger partial charge < -0.3 is 0 Å². The van der Waals surface area contributed by atoms with Gasteiger partial charge in [0.1, 0.15) is 0 Å². The highest BCUT2D eigenvalue weighted by Crippen LogP contribution is 2.28. The summed E-state index contributed by atoms with van der Waals surface area (Å²) in [5.41, 5.74) is 2.74. The number of aromatic nitrogens is 3. The maximum atomic E-state index is 4.28. The van der Waals surface area contributed by atoms with Crippen molar-refractivity contribution in [2.24, 2.45) is 12.5 Å². The van der Waals surface area contributed by atoms with E-state index in [4.69, 9.17) is 0 Å². The highest BCUT2D eigenvalue weighted by atomic mass is 15.4. The fourth-order valence-corrected chi connectivity index (χ4v) is 1.66. The van der Waals surface area contributed by atoms with Crippen LogP contribution in [0.1, 0.15) is 52.9 Å². The van der Waals surface area contributed by atoms with Gasteiger partial charge in [-0.15, -0.1) is 5.10 Å². The zero-order chi connectivity index (χ0) is 11.9. The van der Waals surface area contributed by atoms with Gasteiger partial charge in [-0.1, -0.05) is 46.8 Å². The lowest BCUT2D eigenvalue weighted by Crippen LogP contribution is -2.19. The Morgan fingerprint density at radius 3 is 2.00 bits per heavy atom. The van der Waals surface area contributed by atoms with Crippen molar-refractivity contribution in [3.63, 3.8) is 0 Å². The summed E-state index contributed by atoms with van der Waals surface area (Å²) in [5.74, 6) is 0. The van der Waals surface area contributed by atoms with Crippen molar-refractivity contribution in [3.05, 3.63) is 11.4 Å². The number of nitrogens with zero attached hydrogens (tertiary/aromatic N) is 3. The summed E-state index contributed by atoms with van der Waals surface area (Å²) in [6.45, 7) is 13.3. The summed E-state index contributed by atoms with van der Waals surface area (Å²) >= 11 is 0. The van der Waals surface area contributed by atoms with Gasteiger partial charge in [0.25, 0.3) is 0 Å². The predicted molar refractivity (Wildman–Crippen MR) is 62.9 cm³/mol. The van der Waals surface area contributed by atoms with Crippen molar-refractivity contribution in [2.45, 2.75) is 53.4 Å². The molecule has 3 nitrogen and oxygen atoms in total. The molecule has 0 spiro atoms. The topological polar surface area (TPSA) is 30.7 Å². The molecule has 3 heteroatoms. The molecule has 1 heterocycles. The van der Waals surface area contributed by atoms with E-state index < -0.39 is 0 Å². The molecule has 1 rings (SSSR count). The van der Waals surface area contributed by atoms with Gasteiger partial charge in [0.15, 0.2) is 0 Å². The number of hydrogen-bond acceptors (Lipinski definition) is 2. The van der Waals surface area contributed by atoms with Crippen LogP contribution in [0.2, 0.25) is 0 Å². The lowest BCUT2D eigenvalue weighted by molar-refractivity contribution is 0.392. The van der Waals surface area contributed by atoms with E-state index >= 15 is 0 Å². The first-order valence-corrected chi connectivity index (χ1v) is 5.50. The molecule has 0 N–H and O–H groups in total. The van der Waals surface area contributed by atoms with Gasteiger partial charge in [0.05, 0.1) is 11.4 Å². The van der Waals surface area contributed by atoms with Crippen molar-refractivity contribution in [2.75, 3.05) is 0 Å². The van der Waals surface area contributed by atoms with Crippen LogP contribution < -0.4 is 0 Å². The van der Waals surface area contributed by atoms with E-state index in [0.717, 1.165) is 12.1 Å². The van der Waals surface area contributed by atoms with Crippen LogP contribution in [0.3, 0.4) is 0 Å². The minimum Gasteiger partial charge on any atom is -0.252 e. The standard InChI is InChI=1S/C12H23N3/c1-11(2,3)8-9-10(12(4,5)6)13-14-15(9)7/h8H2,1-7H3. The fraction of sp³-hybridized carbons (Fsp3) is 0.833. The normalized spacial score (nSPS) is 13.3. The average Bonchev–Trinajstić information content (AvgIpc) is 2.28. The fourth-order valence-electron chi connectivity index (χ4n) is 1.66. The summed E-state index contributed by atoms with van der Waals surface area (Å²) < 4.78 is 1.91. The van der Waals surface area contributed by atoms with E-state index in [0.29, 0.717) is 0 Å². The van der Waals surface area contributed by atoms with Crippen LogP contribution in [0.15, 0.2) is 0 Å². The molecular formula is C12H23N3. The van der Waals surface area contributed by atoms with E-state index in [1.807, 2.05) is 11.7 Å². The summed E-state index contributed by atoms with van der Waals surface area (Å²) in [4.78, 5) is 0. The Balaban J connectivity index is 3.11. The van der Waals surface area contributed by atoms with Crippen LogP contribution in [0, 0.1) is 5.41 Å². The van der Waals surface area contributed by atoms with Crippen molar-refractivity contribution in [1.29, 1.82) is 0 Å². The second-order valence-corrected chi connectivity index (χ2v) is 6.50. The molecule has 0 aliphatic rings. The Hall–Kier alpha value is -0.860. The number of rotatable bonds is 1. The smallest absolute Gasteiger partial charge is 0.0912 e. The second kappa shape index (κ2) is 3.62. The molecule has 0 amide bonds. The summed E-state index contributed by atoms with van der Waals surface area (Å²) in [5, 5.41) is 8.42. The molecule has 0 aliphatic carbocycles. The van der Waals surface area contributed by atoms with Gasteiger partial charge in [-0.05, 0) is 11.8 Å². The second-order valence-electron chi connectivity index (χ2n) is 6.50. The van der Waals surface area contributed by atoms with Gasteiger partial charge >= 0.3 is 0 Å². The molecule has 0 aromatic carbocycles. The van der Waals surface area contributed by atoms with Crippen LogP contribution in [0.4, 0.5) is 0 Å². The van der Waals surface area contributed by atoms with Crippen LogP contribution in [-0.2, 0) is 18.9 Å². The Morgan fingerprint density at radius 2 is 1.60 bits per heavy atom. The first kappa shape index (κ1) is 12.2. The van der Waals surface area contributed by atoms with E-state index in [1.165, 1.54) is 5.69 Å². The summed E-state index contributed by atoms with van der Waals surface area (Å²) in [6.07, 6.45) is 1.02. The molecule has 1 aromatic rings. The third-order valence-corrected chi connectivity index (χ3v) is 2.35. The molecule has 15 heavy (non-hydrogen) atoms. The summed E-state index contributed by atoms with van der Waals surface area (Å²) in [7, 11) is 1.98. The van der Waals surface area contributed by atoms with E-state index in [-0.39, 0.29) is 10.8 Å². The zero-order valence-corrected chi connectivity index (χ0v) is 11.0. The van der Waals surface area contributed by atoms with Crippen molar-refractivity contribution >= 4 is 0 Å². The van der Waals surface area contributed by atoms with Crippen LogP contribution >= 0.6 is 0 Å². The Kier molecular flexibility index (Phi) is 2.94. The first-order valence-electron chi connectivity index (χ1n) is 5.50. The average molecular weight is 209 g/mol. The molecule has 0 atom stereocenters. The van der Waals surface area contributed by atoms with E-state index in [2.05, 4.69) is 51.9 Å². The third-order valence-electron chi connectivity index (χ3n) is 2.35. The third kappa shape index (κ3) is 3.05. The minimum absolute atomic E-state index is 0.0782. The molecule has 0 fully saturated rings. The Bertz CT molecular complexity index is 337. The molecule has 0 saturated carbocycles. The van der Waals surface area contributed by atoms with Gasteiger partial charge in [-0.25, -0.2) is 0 Å². The van der Waals surface area contributed by atoms with Gasteiger partial charge in [-0.3, -0.25) is 4.68 Å². The molecule has 1 aromatic heterocycles. The maximum Gasteiger partial charge on any atom is 0.0912 e. The zero-order valence-electron chi connectivity index (χ0n) is 11.0. The molecule has 0 radical (unpaired) electrons. The quantitative estimate of drug-likeness (QED) is 0.712. The summed E-state index contributed by atoms with van der Waals surface area (Å²) in [6, 6.07) is 0. The van der Waals surface area contributed by atoms with Crippen LogP contribution in [0.25, 0.3) is 0 Å².